The van der Waals surface area contributed by atoms with E-state index in [1.165, 1.54) is 0 Å². The summed E-state index contributed by atoms with van der Waals surface area (Å²) >= 11 is 13.3. The molecule has 0 spiro atoms. The maximum atomic E-state index is 11.7. The van der Waals surface area contributed by atoms with E-state index in [4.69, 9.17) is 23.2 Å². The van der Waals surface area contributed by atoms with Crippen molar-refractivity contribution in [3.8, 4) is 0 Å². The van der Waals surface area contributed by atoms with Gasteiger partial charge in [0.05, 0.1) is 15.6 Å². The van der Waals surface area contributed by atoms with Gasteiger partial charge in [0.25, 0.3) is 0 Å². The summed E-state index contributed by atoms with van der Waals surface area (Å²) in [6.45, 7) is 1.88. The Kier molecular flexibility index (Phi) is 6.95. The first kappa shape index (κ1) is 17.4. The fourth-order valence-corrected chi connectivity index (χ4v) is 2.37. The monoisotopic (exact) mass is 336 g/mol. The zero-order valence-electron chi connectivity index (χ0n) is 11.4. The predicted molar refractivity (Wildman–Crippen MR) is 87.1 cm³/mol. The minimum Gasteiger partial charge on any atom is -0.388 e. The lowest BCUT2D eigenvalue weighted by Crippen LogP contribution is -2.42. The molecule has 112 valence electrons. The van der Waals surface area contributed by atoms with E-state index in [0.717, 1.165) is 5.75 Å². The molecule has 3 N–H and O–H groups in total. The molecule has 0 heterocycles. The Morgan fingerprint density at radius 3 is 2.70 bits per heavy atom. The van der Waals surface area contributed by atoms with Crippen molar-refractivity contribution in [3.05, 3.63) is 28.2 Å². The average molecular weight is 337 g/mol. The highest BCUT2D eigenvalue weighted by atomic mass is 35.5. The van der Waals surface area contributed by atoms with Gasteiger partial charge in [0.15, 0.2) is 0 Å². The Morgan fingerprint density at radius 2 is 2.10 bits per heavy atom. The molecule has 0 radical (unpaired) electrons. The molecule has 0 fully saturated rings. The number of thioether (sulfide) groups is 1. The Balaban J connectivity index is 2.45. The SMILES string of the molecule is CSCC[C@@](C)(O)CNC(=O)Nc1ccc(Cl)c(Cl)c1. The topological polar surface area (TPSA) is 61.4 Å². The Labute approximate surface area is 133 Å². The molecule has 0 aliphatic rings. The standard InChI is InChI=1S/C13H18Cl2N2O2S/c1-13(19,5-6-20-2)8-16-12(18)17-9-3-4-10(14)11(15)7-9/h3-4,7,19H,5-6,8H2,1-2H3,(H2,16,17,18)/t13-/m1/s1. The second kappa shape index (κ2) is 7.98. The lowest BCUT2D eigenvalue weighted by molar-refractivity contribution is 0.0599. The van der Waals surface area contributed by atoms with E-state index >= 15 is 0 Å². The number of carbonyl (C=O) groups excluding carboxylic acids is 1. The molecule has 20 heavy (non-hydrogen) atoms. The fourth-order valence-electron chi connectivity index (χ4n) is 1.43. The zero-order valence-corrected chi connectivity index (χ0v) is 13.7. The molecule has 1 atom stereocenters. The molecule has 0 aromatic heterocycles. The normalized spacial score (nSPS) is 13.7. The van der Waals surface area contributed by atoms with E-state index in [1.54, 1.807) is 36.9 Å². The van der Waals surface area contributed by atoms with Gasteiger partial charge in [0.1, 0.15) is 0 Å². The van der Waals surface area contributed by atoms with Crippen LogP contribution in [0.15, 0.2) is 18.2 Å². The van der Waals surface area contributed by atoms with Crippen molar-refractivity contribution in [2.24, 2.45) is 0 Å². The fraction of sp³-hybridized carbons (Fsp3) is 0.462. The van der Waals surface area contributed by atoms with Crippen LogP contribution >= 0.6 is 35.0 Å². The number of halogens is 2. The third kappa shape index (κ3) is 6.22. The maximum absolute atomic E-state index is 11.7. The van der Waals surface area contributed by atoms with Crippen LogP contribution in [0.3, 0.4) is 0 Å². The lowest BCUT2D eigenvalue weighted by Gasteiger charge is -2.23. The van der Waals surface area contributed by atoms with E-state index in [9.17, 15) is 9.90 Å². The average Bonchev–Trinajstić information content (AvgIpc) is 2.39. The second-order valence-corrected chi connectivity index (χ2v) is 6.48. The number of hydrogen-bond acceptors (Lipinski definition) is 3. The van der Waals surface area contributed by atoms with Gasteiger partial charge in [0.2, 0.25) is 0 Å². The van der Waals surface area contributed by atoms with Crippen molar-refractivity contribution in [2.45, 2.75) is 18.9 Å². The third-order valence-electron chi connectivity index (χ3n) is 2.65. The van der Waals surface area contributed by atoms with Gasteiger partial charge >= 0.3 is 6.03 Å². The van der Waals surface area contributed by atoms with Crippen LogP contribution in [0, 0.1) is 0 Å². The number of benzene rings is 1. The van der Waals surface area contributed by atoms with Gasteiger partial charge in [-0.2, -0.15) is 11.8 Å². The molecule has 1 aromatic carbocycles. The molecule has 2 amide bonds. The van der Waals surface area contributed by atoms with Crippen LogP contribution in [0.4, 0.5) is 10.5 Å². The number of carbonyl (C=O) groups is 1. The number of rotatable bonds is 6. The summed E-state index contributed by atoms with van der Waals surface area (Å²) in [5, 5.41) is 16.1. The first-order valence-corrected chi connectivity index (χ1v) is 8.20. The summed E-state index contributed by atoms with van der Waals surface area (Å²) in [5.74, 6) is 0.836. The summed E-state index contributed by atoms with van der Waals surface area (Å²) in [5.41, 5.74) is -0.376. The van der Waals surface area contributed by atoms with Crippen LogP contribution in [0.25, 0.3) is 0 Å². The number of nitrogens with one attached hydrogen (secondary N) is 2. The van der Waals surface area contributed by atoms with Gasteiger partial charge in [-0.1, -0.05) is 23.2 Å². The summed E-state index contributed by atoms with van der Waals surface area (Å²) in [6.07, 6.45) is 2.59. The third-order valence-corrected chi connectivity index (χ3v) is 4.00. The van der Waals surface area contributed by atoms with Crippen molar-refractivity contribution in [1.82, 2.24) is 5.32 Å². The maximum Gasteiger partial charge on any atom is 0.319 e. The zero-order chi connectivity index (χ0) is 15.2. The first-order valence-electron chi connectivity index (χ1n) is 6.05. The highest BCUT2D eigenvalue weighted by molar-refractivity contribution is 7.98. The van der Waals surface area contributed by atoms with Gasteiger partial charge in [-0.15, -0.1) is 0 Å². The quantitative estimate of drug-likeness (QED) is 0.743. The van der Waals surface area contributed by atoms with Crippen molar-refractivity contribution in [3.63, 3.8) is 0 Å². The minimum absolute atomic E-state index is 0.181. The highest BCUT2D eigenvalue weighted by Gasteiger charge is 2.20. The van der Waals surface area contributed by atoms with Crippen molar-refractivity contribution < 1.29 is 9.90 Å². The molecule has 0 unspecified atom stereocenters. The molecule has 0 aliphatic carbocycles. The van der Waals surface area contributed by atoms with Crippen molar-refractivity contribution in [2.75, 3.05) is 23.9 Å². The van der Waals surface area contributed by atoms with E-state index in [0.29, 0.717) is 22.2 Å². The molecule has 0 saturated heterocycles. The molecular formula is C13H18Cl2N2O2S. The molecule has 0 saturated carbocycles. The van der Waals surface area contributed by atoms with Crippen molar-refractivity contribution >= 4 is 46.7 Å². The Bertz CT molecular complexity index is 470. The molecule has 1 aromatic rings. The highest BCUT2D eigenvalue weighted by Crippen LogP contribution is 2.24. The summed E-state index contributed by atoms with van der Waals surface area (Å²) in [7, 11) is 0. The van der Waals surface area contributed by atoms with E-state index in [-0.39, 0.29) is 6.54 Å². The summed E-state index contributed by atoms with van der Waals surface area (Å²) in [4.78, 5) is 11.7. The van der Waals surface area contributed by atoms with Crippen LogP contribution in [0.1, 0.15) is 13.3 Å². The number of hydrogen-bond donors (Lipinski definition) is 3. The lowest BCUT2D eigenvalue weighted by atomic mass is 10.0. The number of aliphatic hydroxyl groups is 1. The first-order chi connectivity index (χ1) is 9.34. The number of urea groups is 1. The van der Waals surface area contributed by atoms with E-state index in [1.807, 2.05) is 6.26 Å². The molecule has 0 bridgehead atoms. The van der Waals surface area contributed by atoms with Crippen LogP contribution in [-0.4, -0.2) is 35.3 Å². The number of amides is 2. The smallest absolute Gasteiger partial charge is 0.319 e. The summed E-state index contributed by atoms with van der Waals surface area (Å²) < 4.78 is 0. The van der Waals surface area contributed by atoms with Crippen molar-refractivity contribution in [1.29, 1.82) is 0 Å². The van der Waals surface area contributed by atoms with Crippen LogP contribution in [0.2, 0.25) is 10.0 Å². The second-order valence-electron chi connectivity index (χ2n) is 4.68. The minimum atomic E-state index is -0.919. The van der Waals surface area contributed by atoms with Gasteiger partial charge in [-0.05, 0) is 43.6 Å². The van der Waals surface area contributed by atoms with E-state index < -0.39 is 11.6 Å². The van der Waals surface area contributed by atoms with Gasteiger partial charge in [-0.3, -0.25) is 0 Å². The Morgan fingerprint density at radius 1 is 1.40 bits per heavy atom. The molecule has 0 aliphatic heterocycles. The molecular weight excluding hydrogens is 319 g/mol. The van der Waals surface area contributed by atoms with Crippen LogP contribution in [-0.2, 0) is 0 Å². The predicted octanol–water partition coefficient (Wildman–Crippen LogP) is 3.62. The Hall–Kier alpha value is -0.620. The molecule has 1 rings (SSSR count). The molecule has 7 heteroatoms. The van der Waals surface area contributed by atoms with Gasteiger partial charge in [0, 0.05) is 12.2 Å². The molecule has 4 nitrogen and oxygen atoms in total. The number of anilines is 1. The van der Waals surface area contributed by atoms with E-state index in [2.05, 4.69) is 10.6 Å². The van der Waals surface area contributed by atoms with Crippen LogP contribution in [0.5, 0.6) is 0 Å². The van der Waals surface area contributed by atoms with Crippen LogP contribution < -0.4 is 10.6 Å². The largest absolute Gasteiger partial charge is 0.388 e. The summed E-state index contributed by atoms with van der Waals surface area (Å²) in [6, 6.07) is 4.43. The van der Waals surface area contributed by atoms with Gasteiger partial charge < -0.3 is 15.7 Å². The van der Waals surface area contributed by atoms with Gasteiger partial charge in [-0.25, -0.2) is 4.79 Å².